The number of hydrogen-bond donors (Lipinski definition) is 0. The van der Waals surface area contributed by atoms with Crippen molar-refractivity contribution in [1.82, 2.24) is 9.88 Å². The van der Waals surface area contributed by atoms with E-state index in [0.29, 0.717) is 18.7 Å². The summed E-state index contributed by atoms with van der Waals surface area (Å²) in [5, 5.41) is 0. The molecule has 26 heavy (non-hydrogen) atoms. The molecule has 5 heteroatoms. The van der Waals surface area contributed by atoms with Crippen molar-refractivity contribution in [2.45, 2.75) is 25.0 Å². The molecule has 1 saturated heterocycles. The van der Waals surface area contributed by atoms with Crippen LogP contribution in [0.4, 0.5) is 0 Å². The van der Waals surface area contributed by atoms with Crippen molar-refractivity contribution in [3.63, 3.8) is 0 Å². The van der Waals surface area contributed by atoms with Gasteiger partial charge in [0.1, 0.15) is 5.69 Å². The first-order valence-corrected chi connectivity index (χ1v) is 10.2. The van der Waals surface area contributed by atoms with Gasteiger partial charge in [0.2, 0.25) is 5.91 Å². The third-order valence-corrected chi connectivity index (χ3v) is 5.66. The Morgan fingerprint density at radius 2 is 1.92 bits per heavy atom. The largest absolute Gasteiger partial charge is 0.342 e. The first-order chi connectivity index (χ1) is 12.7. The normalized spacial score (nSPS) is 17.1. The summed E-state index contributed by atoms with van der Waals surface area (Å²) in [6, 6.07) is 15.7. The van der Waals surface area contributed by atoms with Gasteiger partial charge in [0.25, 0.3) is 0 Å². The second kappa shape index (κ2) is 9.53. The number of carbonyl (C=O) groups is 2. The third-order valence-electron chi connectivity index (χ3n) is 4.63. The molecule has 1 atom stereocenters. The van der Waals surface area contributed by atoms with E-state index in [2.05, 4.69) is 17.1 Å². The number of carbonyl (C=O) groups excluding carboxylic acids is 2. The number of aromatic nitrogens is 1. The van der Waals surface area contributed by atoms with E-state index in [-0.39, 0.29) is 17.6 Å². The van der Waals surface area contributed by atoms with Gasteiger partial charge < -0.3 is 4.90 Å². The Labute approximate surface area is 159 Å². The molecule has 3 rings (SSSR count). The molecule has 4 nitrogen and oxygen atoms in total. The summed E-state index contributed by atoms with van der Waals surface area (Å²) >= 11 is 1.78. The van der Waals surface area contributed by atoms with Crippen LogP contribution in [-0.2, 0) is 10.5 Å². The molecule has 1 fully saturated rings. The first-order valence-electron chi connectivity index (χ1n) is 9.09. The Morgan fingerprint density at radius 1 is 1.12 bits per heavy atom. The summed E-state index contributed by atoms with van der Waals surface area (Å²) in [6.45, 7) is 1.28. The summed E-state index contributed by atoms with van der Waals surface area (Å²) in [5.41, 5.74) is 1.79. The molecule has 1 aromatic heterocycles. The van der Waals surface area contributed by atoms with E-state index < -0.39 is 0 Å². The van der Waals surface area contributed by atoms with Crippen LogP contribution in [0.3, 0.4) is 0 Å². The van der Waals surface area contributed by atoms with Gasteiger partial charge in [0.15, 0.2) is 5.78 Å². The Balaban J connectivity index is 1.45. The highest BCUT2D eigenvalue weighted by molar-refractivity contribution is 7.98. The van der Waals surface area contributed by atoms with Gasteiger partial charge >= 0.3 is 0 Å². The molecule has 0 unspecified atom stereocenters. The maximum absolute atomic E-state index is 12.6. The molecule has 2 heterocycles. The fourth-order valence-electron chi connectivity index (χ4n) is 3.22. The minimum atomic E-state index is -0.125. The molecule has 2 aromatic rings. The molecule has 0 radical (unpaired) electrons. The lowest BCUT2D eigenvalue weighted by Gasteiger charge is -2.32. The summed E-state index contributed by atoms with van der Waals surface area (Å²) in [7, 11) is 0. The second-order valence-corrected chi connectivity index (χ2v) is 7.65. The van der Waals surface area contributed by atoms with Gasteiger partial charge in [-0.1, -0.05) is 36.4 Å². The van der Waals surface area contributed by atoms with Crippen LogP contribution in [0.1, 0.15) is 35.3 Å². The number of benzene rings is 1. The zero-order valence-electron chi connectivity index (χ0n) is 14.8. The fraction of sp³-hybridized carbons (Fsp3) is 0.381. The van der Waals surface area contributed by atoms with E-state index >= 15 is 0 Å². The molecule has 0 N–H and O–H groups in total. The molecule has 0 spiro atoms. The SMILES string of the molecule is O=C(c1ccccn1)[C@H]1CCCN(C(=O)CCSCc2ccccc2)C1. The highest BCUT2D eigenvalue weighted by Gasteiger charge is 2.29. The van der Waals surface area contributed by atoms with E-state index in [1.807, 2.05) is 29.2 Å². The lowest BCUT2D eigenvalue weighted by molar-refractivity contribution is -0.132. The summed E-state index contributed by atoms with van der Waals surface area (Å²) in [6.07, 6.45) is 3.89. The van der Waals surface area contributed by atoms with Crippen LogP contribution in [0.5, 0.6) is 0 Å². The summed E-state index contributed by atoms with van der Waals surface area (Å²) in [4.78, 5) is 31.1. The van der Waals surface area contributed by atoms with Crippen molar-refractivity contribution < 1.29 is 9.59 Å². The molecule has 1 amide bonds. The molecule has 1 aromatic carbocycles. The van der Waals surface area contributed by atoms with E-state index in [0.717, 1.165) is 30.9 Å². The van der Waals surface area contributed by atoms with Crippen molar-refractivity contribution in [2.75, 3.05) is 18.8 Å². The van der Waals surface area contributed by atoms with Crippen molar-refractivity contribution in [2.24, 2.45) is 5.92 Å². The van der Waals surface area contributed by atoms with Crippen molar-refractivity contribution in [3.8, 4) is 0 Å². The van der Waals surface area contributed by atoms with Gasteiger partial charge in [-0.3, -0.25) is 14.6 Å². The maximum Gasteiger partial charge on any atom is 0.223 e. The summed E-state index contributed by atoms with van der Waals surface area (Å²) < 4.78 is 0. The lowest BCUT2D eigenvalue weighted by Crippen LogP contribution is -2.42. The zero-order valence-corrected chi connectivity index (χ0v) is 15.7. The number of pyridine rings is 1. The van der Waals surface area contributed by atoms with Gasteiger partial charge in [-0.15, -0.1) is 0 Å². The Morgan fingerprint density at radius 3 is 2.69 bits per heavy atom. The van der Waals surface area contributed by atoms with Crippen LogP contribution in [0, 0.1) is 5.92 Å². The predicted octanol–water partition coefficient (Wildman–Crippen LogP) is 3.83. The topological polar surface area (TPSA) is 50.3 Å². The van der Waals surface area contributed by atoms with Crippen molar-refractivity contribution in [3.05, 3.63) is 66.0 Å². The van der Waals surface area contributed by atoms with Gasteiger partial charge in [-0.25, -0.2) is 0 Å². The van der Waals surface area contributed by atoms with Gasteiger partial charge in [0, 0.05) is 43.1 Å². The maximum atomic E-state index is 12.6. The highest BCUT2D eigenvalue weighted by atomic mass is 32.2. The van der Waals surface area contributed by atoms with Crippen LogP contribution in [-0.4, -0.2) is 40.4 Å². The minimum Gasteiger partial charge on any atom is -0.342 e. The van der Waals surface area contributed by atoms with Gasteiger partial charge in [-0.2, -0.15) is 11.8 Å². The zero-order chi connectivity index (χ0) is 18.2. The highest BCUT2D eigenvalue weighted by Crippen LogP contribution is 2.21. The number of likely N-dealkylation sites (tertiary alicyclic amines) is 1. The van der Waals surface area contributed by atoms with Gasteiger partial charge in [-0.05, 0) is 30.5 Å². The number of hydrogen-bond acceptors (Lipinski definition) is 4. The van der Waals surface area contributed by atoms with E-state index in [4.69, 9.17) is 0 Å². The number of rotatable bonds is 7. The van der Waals surface area contributed by atoms with E-state index in [9.17, 15) is 9.59 Å². The second-order valence-electron chi connectivity index (χ2n) is 6.55. The number of piperidine rings is 1. The van der Waals surface area contributed by atoms with Crippen molar-refractivity contribution >= 4 is 23.5 Å². The molecule has 0 aliphatic carbocycles. The van der Waals surface area contributed by atoms with Gasteiger partial charge in [0.05, 0.1) is 0 Å². The average Bonchev–Trinajstić information content (AvgIpc) is 2.72. The fourth-order valence-corrected chi connectivity index (χ4v) is 4.11. The van der Waals surface area contributed by atoms with Crippen LogP contribution < -0.4 is 0 Å². The lowest BCUT2D eigenvalue weighted by atomic mass is 9.92. The monoisotopic (exact) mass is 368 g/mol. The average molecular weight is 369 g/mol. The molecular weight excluding hydrogens is 344 g/mol. The number of Topliss-reactive ketones (excluding diaryl/α,β-unsaturated/α-hetero) is 1. The molecule has 136 valence electrons. The molecular formula is C21H24N2O2S. The third kappa shape index (κ3) is 5.18. The Hall–Kier alpha value is -2.14. The van der Waals surface area contributed by atoms with Crippen molar-refractivity contribution in [1.29, 1.82) is 0 Å². The predicted molar refractivity (Wildman–Crippen MR) is 105 cm³/mol. The van der Waals surface area contributed by atoms with Crippen LogP contribution in [0.15, 0.2) is 54.7 Å². The number of ketones is 1. The Bertz CT molecular complexity index is 721. The van der Waals surface area contributed by atoms with E-state index in [1.54, 1.807) is 30.1 Å². The molecule has 1 aliphatic heterocycles. The smallest absolute Gasteiger partial charge is 0.223 e. The number of nitrogens with zero attached hydrogens (tertiary/aromatic N) is 2. The minimum absolute atomic E-state index is 0.0570. The quantitative estimate of drug-likeness (QED) is 0.551. The standard InChI is InChI=1S/C21H24N2O2S/c24-20(11-14-26-16-17-7-2-1-3-8-17)23-13-6-9-18(15-23)21(25)19-10-4-5-12-22-19/h1-5,7-8,10,12,18H,6,9,11,13-16H2/t18-/m0/s1. The van der Waals surface area contributed by atoms with Crippen LogP contribution in [0.2, 0.25) is 0 Å². The van der Waals surface area contributed by atoms with Crippen LogP contribution in [0.25, 0.3) is 0 Å². The number of thioether (sulfide) groups is 1. The van der Waals surface area contributed by atoms with E-state index in [1.165, 1.54) is 5.56 Å². The first kappa shape index (κ1) is 18.6. The molecule has 0 saturated carbocycles. The van der Waals surface area contributed by atoms with Crippen LogP contribution >= 0.6 is 11.8 Å². The molecule has 1 aliphatic rings. The molecule has 0 bridgehead atoms. The number of amides is 1. The summed E-state index contributed by atoms with van der Waals surface area (Å²) in [5.74, 6) is 1.82. The Kier molecular flexibility index (Phi) is 6.83.